The van der Waals surface area contributed by atoms with Gasteiger partial charge in [0.05, 0.1) is 5.60 Å². The fourth-order valence-corrected chi connectivity index (χ4v) is 1.76. The number of aliphatic hydroxyl groups is 1. The van der Waals surface area contributed by atoms with E-state index < -0.39 is 5.60 Å². The number of hydrogen-bond acceptors (Lipinski definition) is 1. The lowest BCUT2D eigenvalue weighted by Gasteiger charge is -2.23. The summed E-state index contributed by atoms with van der Waals surface area (Å²) in [7, 11) is 0. The van der Waals surface area contributed by atoms with Crippen LogP contribution < -0.4 is 0 Å². The van der Waals surface area contributed by atoms with Crippen molar-refractivity contribution in [2.75, 3.05) is 0 Å². The molecule has 1 rings (SSSR count). The molecule has 1 unspecified atom stereocenters. The molecule has 0 heterocycles. The fraction of sp³-hybridized carbons (Fsp3) is 0.429. The minimum Gasteiger partial charge on any atom is -0.385 e. The van der Waals surface area contributed by atoms with E-state index in [0.29, 0.717) is 6.42 Å². The van der Waals surface area contributed by atoms with Crippen LogP contribution >= 0.6 is 0 Å². The minimum absolute atomic E-state index is 0.690. The van der Waals surface area contributed by atoms with Gasteiger partial charge in [-0.1, -0.05) is 48.9 Å². The molecule has 0 aliphatic heterocycles. The summed E-state index contributed by atoms with van der Waals surface area (Å²) in [4.78, 5) is 0. The van der Waals surface area contributed by atoms with Crippen LogP contribution in [0, 0.1) is 0 Å². The Hall–Kier alpha value is -1.08. The van der Waals surface area contributed by atoms with E-state index >= 15 is 0 Å². The normalized spacial score (nSPS) is 14.4. The third-order valence-corrected chi connectivity index (χ3v) is 2.52. The van der Waals surface area contributed by atoms with Gasteiger partial charge in [0.1, 0.15) is 0 Å². The molecule has 0 amide bonds. The molecule has 1 heteroatoms. The van der Waals surface area contributed by atoms with Gasteiger partial charge in [0.25, 0.3) is 0 Å². The molecule has 0 fully saturated rings. The second-order valence-corrected chi connectivity index (χ2v) is 4.34. The number of benzene rings is 1. The maximum atomic E-state index is 10.4. The van der Waals surface area contributed by atoms with Gasteiger partial charge in [-0.05, 0) is 25.8 Å². The zero-order chi connectivity index (χ0) is 11.3. The van der Waals surface area contributed by atoms with Crippen molar-refractivity contribution in [2.45, 2.75) is 39.2 Å². The quantitative estimate of drug-likeness (QED) is 0.746. The first-order valence-corrected chi connectivity index (χ1v) is 5.48. The lowest BCUT2D eigenvalue weighted by molar-refractivity contribution is 0.0864. The highest BCUT2D eigenvalue weighted by atomic mass is 16.3. The van der Waals surface area contributed by atoms with Crippen molar-refractivity contribution in [1.82, 2.24) is 0 Å². The third-order valence-electron chi connectivity index (χ3n) is 2.52. The lowest BCUT2D eigenvalue weighted by Crippen LogP contribution is -2.28. The van der Waals surface area contributed by atoms with Gasteiger partial charge in [-0.15, -0.1) is 0 Å². The summed E-state index contributed by atoms with van der Waals surface area (Å²) < 4.78 is 0. The molecule has 0 saturated heterocycles. The highest BCUT2D eigenvalue weighted by Crippen LogP contribution is 2.20. The summed E-state index contributed by atoms with van der Waals surface area (Å²) in [5, 5.41) is 10.4. The van der Waals surface area contributed by atoms with Crippen molar-refractivity contribution in [1.29, 1.82) is 0 Å². The van der Waals surface area contributed by atoms with Gasteiger partial charge in [-0.2, -0.15) is 0 Å². The molecule has 0 aliphatic carbocycles. The Balaban J connectivity index is 2.82. The largest absolute Gasteiger partial charge is 0.385 e. The Morgan fingerprint density at radius 2 is 1.87 bits per heavy atom. The summed E-state index contributed by atoms with van der Waals surface area (Å²) in [6.07, 6.45) is 3.39. The first-order chi connectivity index (χ1) is 7.06. The highest BCUT2D eigenvalue weighted by Gasteiger charge is 2.21. The standard InChI is InChI=1S/C14H20O/c1-4-14(15,10-12(2)3)11-13-8-6-5-7-9-13/h5-10,15H,4,11H2,1-3H3. The highest BCUT2D eigenvalue weighted by molar-refractivity contribution is 5.20. The second kappa shape index (κ2) is 5.13. The molecule has 1 nitrogen and oxygen atoms in total. The molecule has 1 atom stereocenters. The Morgan fingerprint density at radius 3 is 2.33 bits per heavy atom. The van der Waals surface area contributed by atoms with Crippen LogP contribution in [0.4, 0.5) is 0 Å². The van der Waals surface area contributed by atoms with Crippen LogP contribution in [0.2, 0.25) is 0 Å². The van der Waals surface area contributed by atoms with Gasteiger partial charge in [-0.25, -0.2) is 0 Å². The predicted molar refractivity (Wildman–Crippen MR) is 64.8 cm³/mol. The number of rotatable bonds is 4. The molecular formula is C14H20O. The van der Waals surface area contributed by atoms with E-state index in [9.17, 15) is 5.11 Å². The van der Waals surface area contributed by atoms with Gasteiger partial charge in [0.15, 0.2) is 0 Å². The Bertz CT molecular complexity index is 322. The zero-order valence-corrected chi connectivity index (χ0v) is 9.83. The lowest BCUT2D eigenvalue weighted by atomic mass is 9.90. The van der Waals surface area contributed by atoms with Gasteiger partial charge < -0.3 is 5.11 Å². The van der Waals surface area contributed by atoms with Crippen LogP contribution in [-0.4, -0.2) is 10.7 Å². The first kappa shape index (κ1) is 12.0. The van der Waals surface area contributed by atoms with E-state index in [1.54, 1.807) is 0 Å². The summed E-state index contributed by atoms with van der Waals surface area (Å²) in [5.41, 5.74) is 1.65. The average Bonchev–Trinajstić information content (AvgIpc) is 2.18. The smallest absolute Gasteiger partial charge is 0.0867 e. The van der Waals surface area contributed by atoms with Crippen molar-refractivity contribution < 1.29 is 5.11 Å². The maximum absolute atomic E-state index is 10.4. The van der Waals surface area contributed by atoms with Gasteiger partial charge >= 0.3 is 0 Å². The first-order valence-electron chi connectivity index (χ1n) is 5.48. The molecule has 1 N–H and O–H groups in total. The molecule has 0 radical (unpaired) electrons. The van der Waals surface area contributed by atoms with Crippen molar-refractivity contribution >= 4 is 0 Å². The van der Waals surface area contributed by atoms with Crippen LogP contribution in [0.3, 0.4) is 0 Å². The predicted octanol–water partition coefficient (Wildman–Crippen LogP) is 3.34. The van der Waals surface area contributed by atoms with Gasteiger partial charge in [0.2, 0.25) is 0 Å². The molecule has 82 valence electrons. The van der Waals surface area contributed by atoms with Crippen LogP contribution in [0.15, 0.2) is 42.0 Å². The van der Waals surface area contributed by atoms with Crippen LogP contribution in [0.25, 0.3) is 0 Å². The van der Waals surface area contributed by atoms with E-state index in [1.807, 2.05) is 45.0 Å². The fourth-order valence-electron chi connectivity index (χ4n) is 1.76. The Morgan fingerprint density at radius 1 is 1.27 bits per heavy atom. The molecule has 0 saturated carbocycles. The van der Waals surface area contributed by atoms with E-state index in [1.165, 1.54) is 5.56 Å². The van der Waals surface area contributed by atoms with Crippen LogP contribution in [0.5, 0.6) is 0 Å². The summed E-state index contributed by atoms with van der Waals surface area (Å²) in [5.74, 6) is 0. The zero-order valence-electron chi connectivity index (χ0n) is 9.83. The monoisotopic (exact) mass is 204 g/mol. The molecular weight excluding hydrogens is 184 g/mol. The third kappa shape index (κ3) is 3.88. The van der Waals surface area contributed by atoms with Gasteiger partial charge in [-0.3, -0.25) is 0 Å². The van der Waals surface area contributed by atoms with E-state index in [2.05, 4.69) is 12.1 Å². The SMILES string of the molecule is CCC(O)(C=C(C)C)Cc1ccccc1. The molecule has 0 bridgehead atoms. The minimum atomic E-state index is -0.694. The van der Waals surface area contributed by atoms with Crippen molar-refractivity contribution in [3.63, 3.8) is 0 Å². The molecule has 0 spiro atoms. The Kier molecular flexibility index (Phi) is 4.10. The number of hydrogen-bond donors (Lipinski definition) is 1. The van der Waals surface area contributed by atoms with E-state index in [0.717, 1.165) is 12.0 Å². The molecule has 0 aliphatic rings. The molecule has 1 aromatic rings. The average molecular weight is 204 g/mol. The topological polar surface area (TPSA) is 20.2 Å². The van der Waals surface area contributed by atoms with Crippen molar-refractivity contribution in [3.05, 3.63) is 47.5 Å². The maximum Gasteiger partial charge on any atom is 0.0867 e. The number of allylic oxidation sites excluding steroid dienone is 1. The Labute approximate surface area is 92.5 Å². The van der Waals surface area contributed by atoms with E-state index in [-0.39, 0.29) is 0 Å². The molecule has 15 heavy (non-hydrogen) atoms. The van der Waals surface area contributed by atoms with E-state index in [4.69, 9.17) is 0 Å². The van der Waals surface area contributed by atoms with Crippen molar-refractivity contribution in [3.8, 4) is 0 Å². The second-order valence-electron chi connectivity index (χ2n) is 4.34. The van der Waals surface area contributed by atoms with Crippen LogP contribution in [0.1, 0.15) is 32.8 Å². The summed E-state index contributed by atoms with van der Waals surface area (Å²) in [6, 6.07) is 10.1. The molecule has 1 aromatic carbocycles. The van der Waals surface area contributed by atoms with Crippen LogP contribution in [-0.2, 0) is 6.42 Å². The summed E-state index contributed by atoms with van der Waals surface area (Å²) in [6.45, 7) is 6.06. The van der Waals surface area contributed by atoms with Gasteiger partial charge in [0, 0.05) is 6.42 Å². The molecule has 0 aromatic heterocycles. The summed E-state index contributed by atoms with van der Waals surface area (Å²) >= 11 is 0. The van der Waals surface area contributed by atoms with Crippen molar-refractivity contribution in [2.24, 2.45) is 0 Å².